The molecule has 46 valence electrons. The minimum atomic E-state index is 1.56. The third kappa shape index (κ3) is 0.712. The van der Waals surface area contributed by atoms with Crippen molar-refractivity contribution in [3.05, 3.63) is 23.9 Å². The Balaban J connectivity index is 2.25. The zero-order valence-electron chi connectivity index (χ0n) is 4.64. The van der Waals surface area contributed by atoms with Crippen molar-refractivity contribution < 1.29 is 0 Å². The molecule has 2 heterocycles. The van der Waals surface area contributed by atoms with Crippen LogP contribution in [0.3, 0.4) is 0 Å². The summed E-state index contributed by atoms with van der Waals surface area (Å²) in [6.45, 7) is 0. The van der Waals surface area contributed by atoms with Gasteiger partial charge in [-0.15, -0.1) is 4.52 Å². The van der Waals surface area contributed by atoms with Crippen LogP contribution in [-0.2, 0) is 0 Å². The molecule has 0 aliphatic carbocycles. The first kappa shape index (κ1) is 4.93. The van der Waals surface area contributed by atoms with Gasteiger partial charge in [-0.3, -0.25) is 0 Å². The third-order valence-corrected chi connectivity index (χ3v) is 1.77. The molecule has 0 aromatic carbocycles. The van der Waals surface area contributed by atoms with Crippen LogP contribution in [0, 0.1) is 0 Å². The van der Waals surface area contributed by atoms with E-state index in [0.29, 0.717) is 0 Å². The third-order valence-electron chi connectivity index (χ3n) is 1.06. The lowest BCUT2D eigenvalue weighted by Crippen LogP contribution is -2.22. The van der Waals surface area contributed by atoms with Crippen molar-refractivity contribution >= 4 is 18.2 Å². The lowest BCUT2D eigenvalue weighted by atomic mass is 10.6. The quantitative estimate of drug-likeness (QED) is 0.469. The Kier molecular flexibility index (Phi) is 0.989. The van der Waals surface area contributed by atoms with Crippen molar-refractivity contribution in [2.24, 2.45) is 5.10 Å². The van der Waals surface area contributed by atoms with Crippen LogP contribution in [0.4, 0.5) is 0 Å². The number of hydrogen-bond donors (Lipinski definition) is 0. The number of fused-ring (bicyclic) bond motifs is 1. The van der Waals surface area contributed by atoms with E-state index in [1.54, 1.807) is 22.7 Å². The smallest absolute Gasteiger partial charge is 0.0516 e. The molecule has 0 aromatic rings. The van der Waals surface area contributed by atoms with Gasteiger partial charge >= 0.3 is 0 Å². The Hall–Kier alpha value is -0.900. The van der Waals surface area contributed by atoms with Gasteiger partial charge in [0.25, 0.3) is 0 Å². The van der Waals surface area contributed by atoms with Crippen molar-refractivity contribution in [3.8, 4) is 0 Å². The van der Waals surface area contributed by atoms with Crippen LogP contribution in [0.15, 0.2) is 29.0 Å². The molecule has 0 amide bonds. The molecule has 0 bridgehead atoms. The molecule has 0 N–H and O–H groups in total. The normalized spacial score (nSPS) is 21.3. The van der Waals surface area contributed by atoms with Crippen molar-refractivity contribution in [2.45, 2.75) is 0 Å². The van der Waals surface area contributed by atoms with Crippen molar-refractivity contribution in [2.75, 3.05) is 0 Å². The first-order chi connectivity index (χ1) is 4.47. The highest BCUT2D eigenvalue weighted by molar-refractivity contribution is 8.00. The molecule has 9 heavy (non-hydrogen) atoms. The van der Waals surface area contributed by atoms with E-state index >= 15 is 0 Å². The predicted molar refractivity (Wildman–Crippen MR) is 38.0 cm³/mol. The van der Waals surface area contributed by atoms with Gasteiger partial charge in [-0.25, -0.2) is 5.01 Å². The number of allylic oxidation sites excluding steroid dienone is 1. The topological polar surface area (TPSA) is 18.8 Å². The number of rotatable bonds is 0. The zero-order valence-corrected chi connectivity index (χ0v) is 5.45. The summed E-state index contributed by atoms with van der Waals surface area (Å²) >= 11 is 1.56. The number of hydrazine groups is 1. The van der Waals surface area contributed by atoms with Gasteiger partial charge in [0.05, 0.1) is 6.21 Å². The van der Waals surface area contributed by atoms with Gasteiger partial charge in [0.1, 0.15) is 0 Å². The van der Waals surface area contributed by atoms with Gasteiger partial charge in [-0.05, 0) is 6.08 Å². The first-order valence-electron chi connectivity index (χ1n) is 2.59. The molecule has 0 spiro atoms. The molecule has 2 aliphatic rings. The molecular formula is C5H5N3S. The molecule has 0 fully saturated rings. The number of hydrogen-bond acceptors (Lipinski definition) is 4. The van der Waals surface area contributed by atoms with E-state index < -0.39 is 0 Å². The fourth-order valence-corrected chi connectivity index (χ4v) is 1.29. The molecule has 0 atom stereocenters. The summed E-state index contributed by atoms with van der Waals surface area (Å²) in [7, 11) is 0. The summed E-state index contributed by atoms with van der Waals surface area (Å²) in [5.74, 6) is 0. The van der Waals surface area contributed by atoms with E-state index in [1.807, 2.05) is 28.9 Å². The molecule has 0 saturated carbocycles. The van der Waals surface area contributed by atoms with E-state index in [1.165, 1.54) is 0 Å². The largest absolute Gasteiger partial charge is 0.241 e. The molecule has 0 unspecified atom stereocenters. The lowest BCUT2D eigenvalue weighted by molar-refractivity contribution is 0.217. The molecule has 2 aliphatic heterocycles. The average molecular weight is 139 g/mol. The second kappa shape index (κ2) is 1.80. The van der Waals surface area contributed by atoms with Gasteiger partial charge < -0.3 is 0 Å². The maximum Gasteiger partial charge on any atom is 0.0516 e. The second-order valence-corrected chi connectivity index (χ2v) is 2.44. The van der Waals surface area contributed by atoms with Crippen LogP contribution in [-0.4, -0.2) is 15.7 Å². The molecule has 2 rings (SSSR count). The summed E-state index contributed by atoms with van der Waals surface area (Å²) < 4.78 is 1.79. The number of nitrogens with zero attached hydrogens (tertiary/aromatic N) is 3. The van der Waals surface area contributed by atoms with Crippen LogP contribution in [0.2, 0.25) is 0 Å². The first-order valence-corrected chi connectivity index (χ1v) is 3.43. The van der Waals surface area contributed by atoms with Crippen LogP contribution < -0.4 is 0 Å². The summed E-state index contributed by atoms with van der Waals surface area (Å²) in [5, 5.41) is 7.93. The summed E-state index contributed by atoms with van der Waals surface area (Å²) in [6, 6.07) is 0. The standard InChI is InChI=1S/C5H5N3S/c1-2-6-8-7(3-1)4-5-9-8/h1-5H. The highest BCUT2D eigenvalue weighted by atomic mass is 32.2. The second-order valence-electron chi connectivity index (χ2n) is 1.63. The van der Waals surface area contributed by atoms with Gasteiger partial charge in [-0.2, -0.15) is 5.10 Å². The van der Waals surface area contributed by atoms with Crippen LogP contribution in [0.5, 0.6) is 0 Å². The molecule has 3 nitrogen and oxygen atoms in total. The van der Waals surface area contributed by atoms with Gasteiger partial charge in [0.2, 0.25) is 0 Å². The van der Waals surface area contributed by atoms with Crippen molar-refractivity contribution in [1.29, 1.82) is 0 Å². The highest BCUT2D eigenvalue weighted by Gasteiger charge is 2.12. The maximum atomic E-state index is 4.04. The molecule has 0 saturated heterocycles. The lowest BCUT2D eigenvalue weighted by Gasteiger charge is -2.21. The van der Waals surface area contributed by atoms with E-state index in [-0.39, 0.29) is 0 Å². The van der Waals surface area contributed by atoms with E-state index in [2.05, 4.69) is 5.10 Å². The van der Waals surface area contributed by atoms with Crippen LogP contribution in [0.25, 0.3) is 0 Å². The van der Waals surface area contributed by atoms with Crippen molar-refractivity contribution in [1.82, 2.24) is 9.53 Å². The van der Waals surface area contributed by atoms with Crippen LogP contribution >= 0.6 is 11.9 Å². The zero-order chi connectivity index (χ0) is 6.10. The minimum absolute atomic E-state index is 1.56. The Bertz CT molecular complexity index is 196. The van der Waals surface area contributed by atoms with Gasteiger partial charge in [0.15, 0.2) is 0 Å². The molecule has 0 radical (unpaired) electrons. The fraction of sp³-hybridized carbons (Fsp3) is 0. The van der Waals surface area contributed by atoms with Gasteiger partial charge in [0, 0.05) is 29.8 Å². The Morgan fingerprint density at radius 1 is 1.33 bits per heavy atom. The van der Waals surface area contributed by atoms with E-state index in [4.69, 9.17) is 0 Å². The average Bonchev–Trinajstić information content (AvgIpc) is 2.33. The Morgan fingerprint density at radius 3 is 3.22 bits per heavy atom. The summed E-state index contributed by atoms with van der Waals surface area (Å²) in [6.07, 6.45) is 7.56. The molecule has 4 heteroatoms. The maximum absolute atomic E-state index is 4.04. The summed E-state index contributed by atoms with van der Waals surface area (Å²) in [5.41, 5.74) is 0. The fourth-order valence-electron chi connectivity index (χ4n) is 0.671. The predicted octanol–water partition coefficient (Wildman–Crippen LogP) is 1.15. The van der Waals surface area contributed by atoms with E-state index in [9.17, 15) is 0 Å². The Labute approximate surface area is 57.4 Å². The molecular weight excluding hydrogens is 134 g/mol. The SMILES string of the molecule is C1=CN2C=CSN2N=C1. The summed E-state index contributed by atoms with van der Waals surface area (Å²) in [4.78, 5) is 0. The van der Waals surface area contributed by atoms with Crippen molar-refractivity contribution in [3.63, 3.8) is 0 Å². The number of hydrazone groups is 1. The van der Waals surface area contributed by atoms with E-state index in [0.717, 1.165) is 0 Å². The van der Waals surface area contributed by atoms with Crippen LogP contribution in [0.1, 0.15) is 0 Å². The Morgan fingerprint density at radius 2 is 2.33 bits per heavy atom. The highest BCUT2D eigenvalue weighted by Crippen LogP contribution is 2.24. The monoisotopic (exact) mass is 139 g/mol. The molecule has 0 aromatic heterocycles. The van der Waals surface area contributed by atoms with Gasteiger partial charge in [-0.1, -0.05) is 0 Å². The minimum Gasteiger partial charge on any atom is -0.241 e.